The molecule has 0 radical (unpaired) electrons. The number of nitrogens with one attached hydrogen (secondary N) is 1. The fraction of sp³-hybridized carbons (Fsp3) is 0.909. The van der Waals surface area contributed by atoms with Gasteiger partial charge in [0.25, 0.3) is 0 Å². The van der Waals surface area contributed by atoms with Gasteiger partial charge in [0.05, 0.1) is 6.61 Å². The summed E-state index contributed by atoms with van der Waals surface area (Å²) in [4.78, 5) is 11.5. The van der Waals surface area contributed by atoms with Crippen molar-refractivity contribution in [1.29, 1.82) is 0 Å². The summed E-state index contributed by atoms with van der Waals surface area (Å²) in [5, 5.41) is 3.01. The van der Waals surface area contributed by atoms with Gasteiger partial charge in [0, 0.05) is 25.1 Å². The molecule has 1 saturated carbocycles. The summed E-state index contributed by atoms with van der Waals surface area (Å²) in [7, 11) is 0. The zero-order valence-corrected chi connectivity index (χ0v) is 9.50. The third-order valence-corrected chi connectivity index (χ3v) is 2.76. The number of ether oxygens (including phenoxy) is 1. The number of carbonyl (C=O) groups is 1. The lowest BCUT2D eigenvalue weighted by Crippen LogP contribution is -2.42. The number of hydrogen-bond acceptors (Lipinski definition) is 3. The Morgan fingerprint density at radius 2 is 2.33 bits per heavy atom. The monoisotopic (exact) mass is 214 g/mol. The predicted octanol–water partition coefficient (Wildman–Crippen LogP) is 0.799. The van der Waals surface area contributed by atoms with Crippen LogP contribution in [-0.4, -0.2) is 31.2 Å². The summed E-state index contributed by atoms with van der Waals surface area (Å²) in [6.07, 6.45) is 4.65. The van der Waals surface area contributed by atoms with Gasteiger partial charge in [0.15, 0.2) is 0 Å². The third-order valence-electron chi connectivity index (χ3n) is 2.76. The van der Waals surface area contributed by atoms with Gasteiger partial charge in [0.1, 0.15) is 0 Å². The minimum Gasteiger partial charge on any atom is -0.381 e. The molecule has 0 aromatic heterocycles. The van der Waals surface area contributed by atoms with Crippen LogP contribution in [0.4, 0.5) is 0 Å². The number of amides is 1. The van der Waals surface area contributed by atoms with E-state index in [0.717, 1.165) is 25.7 Å². The van der Waals surface area contributed by atoms with E-state index >= 15 is 0 Å². The zero-order chi connectivity index (χ0) is 11.1. The van der Waals surface area contributed by atoms with Crippen molar-refractivity contribution < 1.29 is 9.53 Å². The van der Waals surface area contributed by atoms with Crippen LogP contribution in [-0.2, 0) is 9.53 Å². The van der Waals surface area contributed by atoms with E-state index in [0.29, 0.717) is 19.6 Å². The molecule has 2 atom stereocenters. The molecule has 1 aliphatic rings. The van der Waals surface area contributed by atoms with E-state index in [1.54, 1.807) is 0 Å². The Bertz CT molecular complexity index is 197. The molecule has 1 aliphatic carbocycles. The summed E-state index contributed by atoms with van der Waals surface area (Å²) in [5.74, 6) is 0.0857. The van der Waals surface area contributed by atoms with E-state index in [4.69, 9.17) is 10.5 Å². The van der Waals surface area contributed by atoms with Crippen molar-refractivity contribution in [3.63, 3.8) is 0 Å². The molecule has 0 aromatic rings. The molecule has 15 heavy (non-hydrogen) atoms. The Hall–Kier alpha value is -0.610. The Labute approximate surface area is 91.5 Å². The highest BCUT2D eigenvalue weighted by Gasteiger charge is 2.20. The van der Waals surface area contributed by atoms with E-state index in [9.17, 15) is 4.79 Å². The molecule has 0 spiro atoms. The van der Waals surface area contributed by atoms with Crippen LogP contribution in [0.1, 0.15) is 39.0 Å². The molecule has 0 bridgehead atoms. The standard InChI is InChI=1S/C11H22N2O2/c1-2-15-7-6-11(14)13-10-5-3-4-9(12)8-10/h9-10H,2-8,12H2,1H3,(H,13,14). The molecule has 88 valence electrons. The predicted molar refractivity (Wildman–Crippen MR) is 59.5 cm³/mol. The number of carbonyl (C=O) groups excluding carboxylic acids is 1. The van der Waals surface area contributed by atoms with Gasteiger partial charge in [-0.05, 0) is 32.6 Å². The number of nitrogens with two attached hydrogens (primary N) is 1. The van der Waals surface area contributed by atoms with Gasteiger partial charge in [-0.15, -0.1) is 0 Å². The smallest absolute Gasteiger partial charge is 0.222 e. The number of hydrogen-bond donors (Lipinski definition) is 2. The van der Waals surface area contributed by atoms with Crippen LogP contribution in [0.5, 0.6) is 0 Å². The lowest BCUT2D eigenvalue weighted by atomic mass is 9.91. The van der Waals surface area contributed by atoms with Crippen LogP contribution in [0.25, 0.3) is 0 Å². The fourth-order valence-electron chi connectivity index (χ4n) is 1.97. The molecule has 2 unspecified atom stereocenters. The summed E-state index contributed by atoms with van der Waals surface area (Å²) < 4.78 is 5.13. The molecule has 1 amide bonds. The average molecular weight is 214 g/mol. The van der Waals surface area contributed by atoms with Crippen molar-refractivity contribution >= 4 is 5.91 Å². The second-order valence-electron chi connectivity index (χ2n) is 4.14. The lowest BCUT2D eigenvalue weighted by molar-refractivity contribution is -0.123. The second-order valence-corrected chi connectivity index (χ2v) is 4.14. The molecule has 1 fully saturated rings. The molecule has 0 heterocycles. The van der Waals surface area contributed by atoms with Crippen LogP contribution < -0.4 is 11.1 Å². The van der Waals surface area contributed by atoms with Gasteiger partial charge in [-0.1, -0.05) is 0 Å². The van der Waals surface area contributed by atoms with Crippen molar-refractivity contribution in [3.8, 4) is 0 Å². The van der Waals surface area contributed by atoms with Gasteiger partial charge in [-0.2, -0.15) is 0 Å². The van der Waals surface area contributed by atoms with Gasteiger partial charge in [-0.3, -0.25) is 4.79 Å². The minimum atomic E-state index is 0.0857. The largest absolute Gasteiger partial charge is 0.381 e. The third kappa shape index (κ3) is 5.14. The van der Waals surface area contributed by atoms with Crippen molar-refractivity contribution in [2.45, 2.75) is 51.1 Å². The Balaban J connectivity index is 2.13. The van der Waals surface area contributed by atoms with Crippen LogP contribution in [0.2, 0.25) is 0 Å². The molecular formula is C11H22N2O2. The quantitative estimate of drug-likeness (QED) is 0.665. The molecule has 0 aromatic carbocycles. The maximum atomic E-state index is 11.5. The van der Waals surface area contributed by atoms with Gasteiger partial charge in [-0.25, -0.2) is 0 Å². The zero-order valence-electron chi connectivity index (χ0n) is 9.50. The van der Waals surface area contributed by atoms with Crippen LogP contribution in [0, 0.1) is 0 Å². The van der Waals surface area contributed by atoms with E-state index in [1.807, 2.05) is 6.92 Å². The first-order chi connectivity index (χ1) is 7.22. The van der Waals surface area contributed by atoms with Crippen molar-refractivity contribution in [3.05, 3.63) is 0 Å². The first kappa shape index (κ1) is 12.5. The Kier molecular flexibility index (Phi) is 5.65. The fourth-order valence-corrected chi connectivity index (χ4v) is 1.97. The molecule has 3 N–H and O–H groups in total. The molecule has 4 heteroatoms. The summed E-state index contributed by atoms with van der Waals surface area (Å²) in [6, 6.07) is 0.541. The maximum absolute atomic E-state index is 11.5. The highest BCUT2D eigenvalue weighted by Crippen LogP contribution is 2.16. The number of rotatable bonds is 5. The first-order valence-electron chi connectivity index (χ1n) is 5.85. The minimum absolute atomic E-state index is 0.0857. The second kappa shape index (κ2) is 6.80. The first-order valence-corrected chi connectivity index (χ1v) is 5.85. The van der Waals surface area contributed by atoms with Crippen LogP contribution in [0.15, 0.2) is 0 Å². The maximum Gasteiger partial charge on any atom is 0.222 e. The highest BCUT2D eigenvalue weighted by molar-refractivity contribution is 5.76. The van der Waals surface area contributed by atoms with E-state index < -0.39 is 0 Å². The van der Waals surface area contributed by atoms with E-state index in [-0.39, 0.29) is 18.0 Å². The molecular weight excluding hydrogens is 192 g/mol. The Morgan fingerprint density at radius 3 is 3.00 bits per heavy atom. The van der Waals surface area contributed by atoms with E-state index in [2.05, 4.69) is 5.32 Å². The Morgan fingerprint density at radius 1 is 1.53 bits per heavy atom. The van der Waals surface area contributed by atoms with Crippen LogP contribution >= 0.6 is 0 Å². The summed E-state index contributed by atoms with van der Waals surface area (Å²) in [6.45, 7) is 3.11. The van der Waals surface area contributed by atoms with Crippen molar-refractivity contribution in [2.75, 3.05) is 13.2 Å². The van der Waals surface area contributed by atoms with Crippen LogP contribution in [0.3, 0.4) is 0 Å². The summed E-state index contributed by atoms with van der Waals surface area (Å²) in [5.41, 5.74) is 5.85. The van der Waals surface area contributed by atoms with Gasteiger partial charge < -0.3 is 15.8 Å². The van der Waals surface area contributed by atoms with Gasteiger partial charge >= 0.3 is 0 Å². The molecule has 1 rings (SSSR count). The topological polar surface area (TPSA) is 64.3 Å². The molecule has 0 saturated heterocycles. The SMILES string of the molecule is CCOCCC(=O)NC1CCCC(N)C1. The van der Waals surface area contributed by atoms with Crippen molar-refractivity contribution in [1.82, 2.24) is 5.32 Å². The molecule has 4 nitrogen and oxygen atoms in total. The highest BCUT2D eigenvalue weighted by atomic mass is 16.5. The summed E-state index contributed by atoms with van der Waals surface area (Å²) >= 11 is 0. The van der Waals surface area contributed by atoms with Crippen molar-refractivity contribution in [2.24, 2.45) is 5.73 Å². The molecule has 0 aliphatic heterocycles. The average Bonchev–Trinajstić information content (AvgIpc) is 2.18. The lowest BCUT2D eigenvalue weighted by Gasteiger charge is -2.27. The van der Waals surface area contributed by atoms with E-state index in [1.165, 1.54) is 0 Å². The van der Waals surface area contributed by atoms with Gasteiger partial charge in [0.2, 0.25) is 5.91 Å². The normalized spacial score (nSPS) is 26.3.